The Morgan fingerprint density at radius 1 is 1.73 bits per heavy atom. The van der Waals surface area contributed by atoms with Gasteiger partial charge in [0.25, 0.3) is 5.91 Å². The maximum Gasteiger partial charge on any atom is 0.257 e. The van der Waals surface area contributed by atoms with Crippen LogP contribution in [0.25, 0.3) is 0 Å². The van der Waals surface area contributed by atoms with Gasteiger partial charge in [0, 0.05) is 18.8 Å². The van der Waals surface area contributed by atoms with Crippen LogP contribution in [0.1, 0.15) is 17.3 Å². The SMILES string of the molecule is COc1ncccc1C(=O)N[C@H](C)CN. The van der Waals surface area contributed by atoms with Crippen LogP contribution in [0, 0.1) is 0 Å². The summed E-state index contributed by atoms with van der Waals surface area (Å²) in [5, 5.41) is 2.74. The first-order valence-electron chi connectivity index (χ1n) is 4.69. The minimum absolute atomic E-state index is 0.0672. The molecule has 0 bridgehead atoms. The summed E-state index contributed by atoms with van der Waals surface area (Å²) in [6.45, 7) is 2.23. The maximum atomic E-state index is 11.7. The first-order valence-corrected chi connectivity index (χ1v) is 4.69. The van der Waals surface area contributed by atoms with Gasteiger partial charge in [-0.2, -0.15) is 0 Å². The van der Waals surface area contributed by atoms with Crippen LogP contribution in [0.2, 0.25) is 0 Å². The quantitative estimate of drug-likeness (QED) is 0.741. The van der Waals surface area contributed by atoms with Crippen LogP contribution in [-0.4, -0.2) is 30.6 Å². The van der Waals surface area contributed by atoms with Gasteiger partial charge >= 0.3 is 0 Å². The number of nitrogens with one attached hydrogen (secondary N) is 1. The topological polar surface area (TPSA) is 77.2 Å². The number of amides is 1. The van der Waals surface area contributed by atoms with Crippen molar-refractivity contribution in [3.63, 3.8) is 0 Å². The third-order valence-corrected chi connectivity index (χ3v) is 1.94. The Morgan fingerprint density at radius 2 is 2.47 bits per heavy atom. The predicted octanol–water partition coefficient (Wildman–Crippen LogP) is 0.167. The normalized spacial score (nSPS) is 11.9. The number of hydrogen-bond acceptors (Lipinski definition) is 4. The lowest BCUT2D eigenvalue weighted by Gasteiger charge is -2.12. The molecule has 1 aromatic heterocycles. The van der Waals surface area contributed by atoms with E-state index in [0.29, 0.717) is 18.0 Å². The molecular weight excluding hydrogens is 194 g/mol. The zero-order chi connectivity index (χ0) is 11.3. The molecule has 15 heavy (non-hydrogen) atoms. The second kappa shape index (κ2) is 5.31. The number of aromatic nitrogens is 1. The summed E-state index contributed by atoms with van der Waals surface area (Å²) >= 11 is 0. The Hall–Kier alpha value is -1.62. The molecule has 1 heterocycles. The number of pyridine rings is 1. The summed E-state index contributed by atoms with van der Waals surface area (Å²) in [7, 11) is 1.48. The second-order valence-corrected chi connectivity index (χ2v) is 3.17. The Balaban J connectivity index is 2.81. The standard InChI is InChI=1S/C10H15N3O2/c1-7(6-11)13-9(14)8-4-3-5-12-10(8)15-2/h3-5,7H,6,11H2,1-2H3,(H,13,14)/t7-/m1/s1. The zero-order valence-electron chi connectivity index (χ0n) is 8.86. The summed E-state index contributed by atoms with van der Waals surface area (Å²) in [5.74, 6) is 0.0946. The number of methoxy groups -OCH3 is 1. The van der Waals surface area contributed by atoms with Crippen molar-refractivity contribution in [3.8, 4) is 5.88 Å². The fraction of sp³-hybridized carbons (Fsp3) is 0.400. The molecular formula is C10H15N3O2. The van der Waals surface area contributed by atoms with Crippen molar-refractivity contribution < 1.29 is 9.53 Å². The monoisotopic (exact) mass is 209 g/mol. The van der Waals surface area contributed by atoms with E-state index < -0.39 is 0 Å². The Morgan fingerprint density at radius 3 is 3.07 bits per heavy atom. The van der Waals surface area contributed by atoms with E-state index in [1.165, 1.54) is 7.11 Å². The molecule has 0 aliphatic rings. The third-order valence-electron chi connectivity index (χ3n) is 1.94. The lowest BCUT2D eigenvalue weighted by Crippen LogP contribution is -2.37. The smallest absolute Gasteiger partial charge is 0.257 e. The van der Waals surface area contributed by atoms with Gasteiger partial charge in [-0.15, -0.1) is 0 Å². The Kier molecular flexibility index (Phi) is 4.05. The van der Waals surface area contributed by atoms with E-state index in [1.807, 2.05) is 6.92 Å². The third kappa shape index (κ3) is 2.92. The molecule has 0 fully saturated rings. The highest BCUT2D eigenvalue weighted by Gasteiger charge is 2.13. The van der Waals surface area contributed by atoms with E-state index in [0.717, 1.165) is 0 Å². The van der Waals surface area contributed by atoms with Gasteiger partial charge in [0.1, 0.15) is 5.56 Å². The van der Waals surface area contributed by atoms with Gasteiger partial charge in [0.2, 0.25) is 5.88 Å². The molecule has 0 unspecified atom stereocenters. The summed E-state index contributed by atoms with van der Waals surface area (Å²) in [6, 6.07) is 3.28. The van der Waals surface area contributed by atoms with E-state index in [4.69, 9.17) is 10.5 Å². The maximum absolute atomic E-state index is 11.7. The van der Waals surface area contributed by atoms with Gasteiger partial charge < -0.3 is 15.8 Å². The molecule has 0 saturated heterocycles. The number of ether oxygens (including phenoxy) is 1. The summed E-state index contributed by atoms with van der Waals surface area (Å²) in [4.78, 5) is 15.6. The lowest BCUT2D eigenvalue weighted by molar-refractivity contribution is 0.0937. The molecule has 1 amide bonds. The molecule has 0 aliphatic heterocycles. The van der Waals surface area contributed by atoms with Crippen molar-refractivity contribution in [2.45, 2.75) is 13.0 Å². The van der Waals surface area contributed by atoms with Gasteiger partial charge in [-0.05, 0) is 19.1 Å². The average molecular weight is 209 g/mol. The summed E-state index contributed by atoms with van der Waals surface area (Å²) < 4.78 is 4.98. The molecule has 0 spiro atoms. The molecule has 1 aromatic rings. The molecule has 1 rings (SSSR count). The molecule has 1 atom stereocenters. The Bertz CT molecular complexity index is 341. The second-order valence-electron chi connectivity index (χ2n) is 3.17. The Labute approximate surface area is 88.6 Å². The molecule has 5 heteroatoms. The summed E-state index contributed by atoms with van der Waals surface area (Å²) in [6.07, 6.45) is 1.57. The highest BCUT2D eigenvalue weighted by molar-refractivity contribution is 5.96. The predicted molar refractivity (Wildman–Crippen MR) is 56.8 cm³/mol. The first kappa shape index (κ1) is 11.5. The minimum Gasteiger partial charge on any atom is -0.480 e. The van der Waals surface area contributed by atoms with Gasteiger partial charge in [-0.25, -0.2) is 4.98 Å². The van der Waals surface area contributed by atoms with Crippen molar-refractivity contribution in [2.75, 3.05) is 13.7 Å². The molecule has 3 N–H and O–H groups in total. The largest absolute Gasteiger partial charge is 0.480 e. The van der Waals surface area contributed by atoms with Crippen molar-refractivity contribution in [1.29, 1.82) is 0 Å². The van der Waals surface area contributed by atoms with Gasteiger partial charge in [-0.1, -0.05) is 0 Å². The van der Waals surface area contributed by atoms with Crippen LogP contribution < -0.4 is 15.8 Å². The highest BCUT2D eigenvalue weighted by atomic mass is 16.5. The first-order chi connectivity index (χ1) is 7.19. The van der Waals surface area contributed by atoms with Crippen LogP contribution >= 0.6 is 0 Å². The minimum atomic E-state index is -0.224. The van der Waals surface area contributed by atoms with Crippen molar-refractivity contribution in [2.24, 2.45) is 5.73 Å². The van der Waals surface area contributed by atoms with Crippen LogP contribution in [0.15, 0.2) is 18.3 Å². The van der Waals surface area contributed by atoms with Crippen molar-refractivity contribution >= 4 is 5.91 Å². The van der Waals surface area contributed by atoms with Crippen LogP contribution in [0.4, 0.5) is 0 Å². The fourth-order valence-electron chi connectivity index (χ4n) is 1.09. The highest BCUT2D eigenvalue weighted by Crippen LogP contribution is 2.13. The van der Waals surface area contributed by atoms with Crippen molar-refractivity contribution in [3.05, 3.63) is 23.9 Å². The number of hydrogen-bond donors (Lipinski definition) is 2. The number of carbonyl (C=O) groups is 1. The van der Waals surface area contributed by atoms with E-state index in [1.54, 1.807) is 18.3 Å². The number of carbonyl (C=O) groups excluding carboxylic acids is 1. The van der Waals surface area contributed by atoms with Crippen LogP contribution in [0.5, 0.6) is 5.88 Å². The van der Waals surface area contributed by atoms with Gasteiger partial charge in [0.05, 0.1) is 7.11 Å². The molecule has 0 aromatic carbocycles. The molecule has 0 radical (unpaired) electrons. The van der Waals surface area contributed by atoms with E-state index >= 15 is 0 Å². The number of rotatable bonds is 4. The van der Waals surface area contributed by atoms with E-state index in [-0.39, 0.29) is 11.9 Å². The van der Waals surface area contributed by atoms with E-state index in [9.17, 15) is 4.79 Å². The average Bonchev–Trinajstić information content (AvgIpc) is 2.28. The zero-order valence-corrected chi connectivity index (χ0v) is 8.86. The number of nitrogens with zero attached hydrogens (tertiary/aromatic N) is 1. The molecule has 5 nitrogen and oxygen atoms in total. The van der Waals surface area contributed by atoms with Gasteiger partial charge in [0.15, 0.2) is 0 Å². The fourth-order valence-corrected chi connectivity index (χ4v) is 1.09. The van der Waals surface area contributed by atoms with Gasteiger partial charge in [-0.3, -0.25) is 4.79 Å². The molecule has 82 valence electrons. The van der Waals surface area contributed by atoms with Crippen LogP contribution in [0.3, 0.4) is 0 Å². The molecule has 0 saturated carbocycles. The molecule has 0 aliphatic carbocycles. The van der Waals surface area contributed by atoms with E-state index in [2.05, 4.69) is 10.3 Å². The van der Waals surface area contributed by atoms with Crippen LogP contribution in [-0.2, 0) is 0 Å². The van der Waals surface area contributed by atoms with Crippen molar-refractivity contribution in [1.82, 2.24) is 10.3 Å². The lowest BCUT2D eigenvalue weighted by atomic mass is 10.2. The summed E-state index contributed by atoms with van der Waals surface area (Å²) in [5.41, 5.74) is 5.82. The number of nitrogens with two attached hydrogens (primary N) is 1.